The molecule has 164 valence electrons. The second-order valence-corrected chi connectivity index (χ2v) is 9.59. The first-order valence-corrected chi connectivity index (χ1v) is 11.4. The molecule has 4 rings (SSSR count). The predicted octanol–water partition coefficient (Wildman–Crippen LogP) is 3.56. The van der Waals surface area contributed by atoms with Crippen LogP contribution in [0.5, 0.6) is 5.75 Å². The first-order valence-electron chi connectivity index (χ1n) is 9.96. The summed E-state index contributed by atoms with van der Waals surface area (Å²) in [6.07, 6.45) is 7.07. The van der Waals surface area contributed by atoms with E-state index in [1.165, 1.54) is 37.6 Å². The maximum atomic E-state index is 15.1. The lowest BCUT2D eigenvalue weighted by atomic mass is 9.89. The summed E-state index contributed by atoms with van der Waals surface area (Å²) in [5.41, 5.74) is 0.652. The van der Waals surface area contributed by atoms with Gasteiger partial charge in [-0.3, -0.25) is 9.40 Å². The Morgan fingerprint density at radius 1 is 1.26 bits per heavy atom. The number of nitrogens with zero attached hydrogens (tertiary/aromatic N) is 4. The van der Waals surface area contributed by atoms with E-state index in [9.17, 15) is 8.42 Å². The maximum absolute atomic E-state index is 15.1. The lowest BCUT2D eigenvalue weighted by molar-refractivity contribution is 0.0738. The summed E-state index contributed by atoms with van der Waals surface area (Å²) in [7, 11) is -2.27. The monoisotopic (exact) mass is 445 g/mol. The SMILES string of the molecule is Cc1c(O[C@]2(C)CCC[C@@H]2c2ccnn2C)ccc(S(=O)(=O)Nc2ccncn2)c1F. The molecule has 1 N–H and O–H groups in total. The van der Waals surface area contributed by atoms with Crippen LogP contribution in [0.3, 0.4) is 0 Å². The Morgan fingerprint density at radius 3 is 2.74 bits per heavy atom. The van der Waals surface area contributed by atoms with E-state index in [1.54, 1.807) is 6.20 Å². The lowest BCUT2D eigenvalue weighted by Gasteiger charge is -2.33. The van der Waals surface area contributed by atoms with Gasteiger partial charge in [0.1, 0.15) is 34.2 Å². The number of anilines is 1. The van der Waals surface area contributed by atoms with Crippen molar-refractivity contribution in [1.29, 1.82) is 0 Å². The summed E-state index contributed by atoms with van der Waals surface area (Å²) in [6.45, 7) is 3.53. The fourth-order valence-corrected chi connectivity index (χ4v) is 5.34. The van der Waals surface area contributed by atoms with Crippen LogP contribution >= 0.6 is 0 Å². The molecule has 31 heavy (non-hydrogen) atoms. The van der Waals surface area contributed by atoms with Crippen molar-refractivity contribution in [3.63, 3.8) is 0 Å². The molecule has 0 radical (unpaired) electrons. The van der Waals surface area contributed by atoms with Crippen molar-refractivity contribution in [3.8, 4) is 5.75 Å². The van der Waals surface area contributed by atoms with Gasteiger partial charge < -0.3 is 4.74 Å². The van der Waals surface area contributed by atoms with Crippen molar-refractivity contribution in [1.82, 2.24) is 19.7 Å². The molecular weight excluding hydrogens is 421 g/mol. The molecular formula is C21H24FN5O3S. The van der Waals surface area contributed by atoms with E-state index in [4.69, 9.17) is 4.74 Å². The number of sulfonamides is 1. The molecule has 0 amide bonds. The van der Waals surface area contributed by atoms with Gasteiger partial charge in [0, 0.05) is 36.6 Å². The molecule has 1 aliphatic carbocycles. The highest BCUT2D eigenvalue weighted by Gasteiger charge is 2.43. The number of aryl methyl sites for hydroxylation is 1. The number of aromatic nitrogens is 4. The minimum atomic E-state index is -4.16. The molecule has 2 aromatic heterocycles. The van der Waals surface area contributed by atoms with Crippen LogP contribution < -0.4 is 9.46 Å². The van der Waals surface area contributed by atoms with Crippen LogP contribution in [0.2, 0.25) is 0 Å². The summed E-state index contributed by atoms with van der Waals surface area (Å²) in [5.74, 6) is -0.358. The van der Waals surface area contributed by atoms with E-state index in [-0.39, 0.29) is 17.3 Å². The van der Waals surface area contributed by atoms with Crippen molar-refractivity contribution in [2.45, 2.75) is 49.5 Å². The van der Waals surface area contributed by atoms with Crippen molar-refractivity contribution < 1.29 is 17.5 Å². The first kappa shape index (κ1) is 21.2. The molecule has 8 nitrogen and oxygen atoms in total. The van der Waals surface area contributed by atoms with Gasteiger partial charge in [-0.05, 0) is 57.4 Å². The van der Waals surface area contributed by atoms with Gasteiger partial charge in [0.2, 0.25) is 0 Å². The third-order valence-electron chi connectivity index (χ3n) is 5.87. The fourth-order valence-electron chi connectivity index (χ4n) is 4.20. The largest absolute Gasteiger partial charge is 0.486 e. The Labute approximate surface area is 180 Å². The summed E-state index contributed by atoms with van der Waals surface area (Å²) in [5, 5.41) is 4.26. The van der Waals surface area contributed by atoms with E-state index < -0.39 is 26.3 Å². The smallest absolute Gasteiger partial charge is 0.265 e. The number of benzene rings is 1. The maximum Gasteiger partial charge on any atom is 0.265 e. The van der Waals surface area contributed by atoms with E-state index in [0.29, 0.717) is 5.75 Å². The molecule has 0 saturated heterocycles. The van der Waals surface area contributed by atoms with Crippen LogP contribution in [0.4, 0.5) is 10.2 Å². The minimum absolute atomic E-state index is 0.0601. The molecule has 1 aromatic carbocycles. The zero-order chi connectivity index (χ0) is 22.2. The van der Waals surface area contributed by atoms with Crippen LogP contribution in [-0.2, 0) is 17.1 Å². The molecule has 0 aliphatic heterocycles. The van der Waals surface area contributed by atoms with Crippen LogP contribution in [0.15, 0.2) is 47.9 Å². The number of nitrogens with one attached hydrogen (secondary N) is 1. The molecule has 1 fully saturated rings. The van der Waals surface area contributed by atoms with Gasteiger partial charge in [-0.2, -0.15) is 5.10 Å². The highest BCUT2D eigenvalue weighted by atomic mass is 32.2. The minimum Gasteiger partial charge on any atom is -0.486 e. The molecule has 2 heterocycles. The molecule has 1 aliphatic rings. The highest BCUT2D eigenvalue weighted by Crippen LogP contribution is 2.46. The van der Waals surface area contributed by atoms with Crippen LogP contribution in [0.1, 0.15) is 43.4 Å². The molecule has 0 bridgehead atoms. The van der Waals surface area contributed by atoms with Crippen LogP contribution in [-0.4, -0.2) is 33.8 Å². The van der Waals surface area contributed by atoms with Gasteiger partial charge in [-0.25, -0.2) is 22.8 Å². The second-order valence-electron chi connectivity index (χ2n) is 7.94. The molecule has 2 atom stereocenters. The molecule has 1 saturated carbocycles. The van der Waals surface area contributed by atoms with Crippen molar-refractivity contribution >= 4 is 15.8 Å². The number of hydrogen-bond acceptors (Lipinski definition) is 6. The highest BCUT2D eigenvalue weighted by molar-refractivity contribution is 7.92. The lowest BCUT2D eigenvalue weighted by Crippen LogP contribution is -2.36. The van der Waals surface area contributed by atoms with Crippen molar-refractivity contribution in [2.24, 2.45) is 7.05 Å². The Balaban J connectivity index is 1.62. The topological polar surface area (TPSA) is 99.0 Å². The zero-order valence-corrected chi connectivity index (χ0v) is 18.4. The van der Waals surface area contributed by atoms with Gasteiger partial charge >= 0.3 is 0 Å². The Hall–Kier alpha value is -3.01. The summed E-state index contributed by atoms with van der Waals surface area (Å²) >= 11 is 0. The third kappa shape index (κ3) is 3.99. The van der Waals surface area contributed by atoms with Gasteiger partial charge in [-0.15, -0.1) is 0 Å². The van der Waals surface area contributed by atoms with Gasteiger partial charge in [0.25, 0.3) is 10.0 Å². The fraction of sp³-hybridized carbons (Fsp3) is 0.381. The third-order valence-corrected chi connectivity index (χ3v) is 7.25. The average Bonchev–Trinajstić information content (AvgIpc) is 3.30. The van der Waals surface area contributed by atoms with Crippen LogP contribution in [0, 0.1) is 12.7 Å². The number of halogens is 1. The van der Waals surface area contributed by atoms with E-state index in [2.05, 4.69) is 19.8 Å². The normalized spacial score (nSPS) is 21.2. The number of ether oxygens (including phenoxy) is 1. The predicted molar refractivity (Wildman–Crippen MR) is 113 cm³/mol. The quantitative estimate of drug-likeness (QED) is 0.623. The van der Waals surface area contributed by atoms with E-state index in [1.807, 2.05) is 24.7 Å². The summed E-state index contributed by atoms with van der Waals surface area (Å²) in [6, 6.07) is 6.09. The van der Waals surface area contributed by atoms with Crippen molar-refractivity contribution in [2.75, 3.05) is 4.72 Å². The number of rotatable bonds is 6. The number of hydrogen-bond donors (Lipinski definition) is 1. The second kappa shape index (κ2) is 7.92. The summed E-state index contributed by atoms with van der Waals surface area (Å²) < 4.78 is 50.9. The van der Waals surface area contributed by atoms with E-state index >= 15 is 4.39 Å². The molecule has 0 spiro atoms. The van der Waals surface area contributed by atoms with Gasteiger partial charge in [-0.1, -0.05) is 0 Å². The van der Waals surface area contributed by atoms with Gasteiger partial charge in [0.05, 0.1) is 0 Å². The average molecular weight is 446 g/mol. The van der Waals surface area contributed by atoms with Crippen LogP contribution in [0.25, 0.3) is 0 Å². The Bertz CT molecular complexity index is 1200. The zero-order valence-electron chi connectivity index (χ0n) is 17.5. The Morgan fingerprint density at radius 2 is 2.06 bits per heavy atom. The standard InChI is InChI=1S/C21H24FN5O3S/c1-14-17(30-21(2)10-4-5-15(21)16-8-12-25-27(16)3)6-7-18(20(14)22)31(28,29)26-19-9-11-23-13-24-19/h6-9,11-13,15H,4-5,10H2,1-3H3,(H,23,24,26)/t15-,21-/m1/s1. The first-order chi connectivity index (χ1) is 14.7. The molecule has 3 aromatic rings. The summed E-state index contributed by atoms with van der Waals surface area (Å²) in [4.78, 5) is 7.09. The van der Waals surface area contributed by atoms with Gasteiger partial charge in [0.15, 0.2) is 0 Å². The Kier molecular flexibility index (Phi) is 5.42. The van der Waals surface area contributed by atoms with Crippen molar-refractivity contribution in [3.05, 3.63) is 60.1 Å². The molecule has 10 heteroatoms. The van der Waals surface area contributed by atoms with E-state index in [0.717, 1.165) is 25.0 Å². The molecule has 0 unspecified atom stereocenters.